The van der Waals surface area contributed by atoms with Crippen LogP contribution in [0, 0.1) is 0 Å². The molecule has 15 heavy (non-hydrogen) atoms. The minimum absolute atomic E-state index is 0.109. The molecule has 5 nitrogen and oxygen atoms in total. The molecule has 0 aromatic carbocycles. The van der Waals surface area contributed by atoms with Gasteiger partial charge < -0.3 is 5.32 Å². The first-order valence-corrected chi connectivity index (χ1v) is 5.25. The van der Waals surface area contributed by atoms with Gasteiger partial charge in [-0.05, 0) is 0 Å². The first kappa shape index (κ1) is 9.85. The molecule has 0 spiro atoms. The van der Waals surface area contributed by atoms with Gasteiger partial charge in [0, 0.05) is 31.1 Å². The molecule has 0 aliphatic heterocycles. The molecule has 0 radical (unpaired) electrons. The second-order valence-electron chi connectivity index (χ2n) is 3.12. The number of thiazole rings is 1. The van der Waals surface area contributed by atoms with Crippen molar-refractivity contribution in [1.29, 1.82) is 0 Å². The summed E-state index contributed by atoms with van der Waals surface area (Å²) in [5.74, 6) is -0.109. The van der Waals surface area contributed by atoms with E-state index in [2.05, 4.69) is 15.4 Å². The van der Waals surface area contributed by atoms with E-state index >= 15 is 0 Å². The summed E-state index contributed by atoms with van der Waals surface area (Å²) in [5, 5.41) is 9.20. The van der Waals surface area contributed by atoms with Crippen LogP contribution in [-0.4, -0.2) is 20.7 Å². The van der Waals surface area contributed by atoms with Crippen LogP contribution >= 0.6 is 11.3 Å². The Bertz CT molecular complexity index is 488. The SMILES string of the molecule is CC(=O)Nc1nc(-c2cnn(C)c2)cs1. The molecule has 0 fully saturated rings. The fraction of sp³-hybridized carbons (Fsp3) is 0.222. The first-order chi connectivity index (χ1) is 7.15. The van der Waals surface area contributed by atoms with Crippen molar-refractivity contribution in [1.82, 2.24) is 14.8 Å². The average Bonchev–Trinajstić information content (AvgIpc) is 2.72. The standard InChI is InChI=1S/C9H10N4OS/c1-6(14)11-9-12-8(5-15-9)7-3-10-13(2)4-7/h3-5H,1-2H3,(H,11,12,14). The van der Waals surface area contributed by atoms with Gasteiger partial charge >= 0.3 is 0 Å². The Balaban J connectivity index is 2.23. The van der Waals surface area contributed by atoms with Crippen LogP contribution in [-0.2, 0) is 11.8 Å². The van der Waals surface area contributed by atoms with E-state index in [-0.39, 0.29) is 5.91 Å². The van der Waals surface area contributed by atoms with Crippen LogP contribution in [0.5, 0.6) is 0 Å². The van der Waals surface area contributed by atoms with E-state index in [1.807, 2.05) is 18.6 Å². The zero-order chi connectivity index (χ0) is 10.8. The topological polar surface area (TPSA) is 59.8 Å². The van der Waals surface area contributed by atoms with Crippen molar-refractivity contribution in [3.8, 4) is 11.3 Å². The molecule has 0 bridgehead atoms. The van der Waals surface area contributed by atoms with E-state index < -0.39 is 0 Å². The normalized spacial score (nSPS) is 10.3. The van der Waals surface area contributed by atoms with E-state index in [1.165, 1.54) is 18.3 Å². The number of carbonyl (C=O) groups excluding carboxylic acids is 1. The van der Waals surface area contributed by atoms with Crippen LogP contribution in [0.3, 0.4) is 0 Å². The van der Waals surface area contributed by atoms with Crippen molar-refractivity contribution < 1.29 is 4.79 Å². The van der Waals surface area contributed by atoms with Gasteiger partial charge in [-0.1, -0.05) is 0 Å². The second-order valence-corrected chi connectivity index (χ2v) is 3.98. The molecule has 2 heterocycles. The Labute approximate surface area is 90.8 Å². The van der Waals surface area contributed by atoms with Gasteiger partial charge in [-0.15, -0.1) is 11.3 Å². The number of rotatable bonds is 2. The molecule has 0 unspecified atom stereocenters. The van der Waals surface area contributed by atoms with E-state index in [1.54, 1.807) is 10.9 Å². The highest BCUT2D eigenvalue weighted by Gasteiger charge is 2.06. The summed E-state index contributed by atoms with van der Waals surface area (Å²) in [6.07, 6.45) is 3.62. The number of hydrogen-bond acceptors (Lipinski definition) is 4. The zero-order valence-electron chi connectivity index (χ0n) is 8.39. The van der Waals surface area contributed by atoms with Crippen molar-refractivity contribution >= 4 is 22.4 Å². The number of aromatic nitrogens is 3. The Morgan fingerprint density at radius 2 is 2.40 bits per heavy atom. The third kappa shape index (κ3) is 2.21. The molecule has 2 aromatic heterocycles. The number of nitrogens with one attached hydrogen (secondary N) is 1. The molecule has 1 amide bonds. The Hall–Kier alpha value is -1.69. The molecule has 6 heteroatoms. The lowest BCUT2D eigenvalue weighted by Crippen LogP contribution is -2.04. The molecule has 2 rings (SSSR count). The summed E-state index contributed by atoms with van der Waals surface area (Å²) in [5.41, 5.74) is 1.78. The minimum atomic E-state index is -0.109. The van der Waals surface area contributed by atoms with Crippen LogP contribution in [0.1, 0.15) is 6.92 Å². The fourth-order valence-corrected chi connectivity index (χ4v) is 1.93. The summed E-state index contributed by atoms with van der Waals surface area (Å²) < 4.78 is 1.72. The monoisotopic (exact) mass is 222 g/mol. The molecule has 78 valence electrons. The number of aryl methyl sites for hydroxylation is 1. The van der Waals surface area contributed by atoms with Crippen LogP contribution in [0.2, 0.25) is 0 Å². The number of hydrogen-bond donors (Lipinski definition) is 1. The summed E-state index contributed by atoms with van der Waals surface area (Å²) in [6, 6.07) is 0. The van der Waals surface area contributed by atoms with Gasteiger partial charge in [0.1, 0.15) is 0 Å². The Morgan fingerprint density at radius 3 is 3.00 bits per heavy atom. The maximum Gasteiger partial charge on any atom is 0.223 e. The van der Waals surface area contributed by atoms with Gasteiger partial charge in [0.05, 0.1) is 11.9 Å². The molecule has 0 saturated carbocycles. The third-order valence-corrected chi connectivity index (χ3v) is 2.55. The highest BCUT2D eigenvalue weighted by Crippen LogP contribution is 2.23. The quantitative estimate of drug-likeness (QED) is 0.837. The largest absolute Gasteiger partial charge is 0.302 e. The number of anilines is 1. The summed E-state index contributed by atoms with van der Waals surface area (Å²) in [4.78, 5) is 15.1. The van der Waals surface area contributed by atoms with Gasteiger partial charge in [0.25, 0.3) is 0 Å². The number of carbonyl (C=O) groups is 1. The Morgan fingerprint density at radius 1 is 1.60 bits per heavy atom. The van der Waals surface area contributed by atoms with E-state index in [0.29, 0.717) is 5.13 Å². The molecule has 0 saturated heterocycles. The molecule has 0 atom stereocenters. The lowest BCUT2D eigenvalue weighted by molar-refractivity contribution is -0.114. The van der Waals surface area contributed by atoms with Gasteiger partial charge in [0.2, 0.25) is 5.91 Å². The van der Waals surface area contributed by atoms with Crippen molar-refractivity contribution in [2.24, 2.45) is 7.05 Å². The highest BCUT2D eigenvalue weighted by atomic mass is 32.1. The zero-order valence-corrected chi connectivity index (χ0v) is 9.21. The van der Waals surface area contributed by atoms with E-state index in [4.69, 9.17) is 0 Å². The smallest absolute Gasteiger partial charge is 0.223 e. The summed E-state index contributed by atoms with van der Waals surface area (Å²) >= 11 is 1.40. The summed E-state index contributed by atoms with van der Waals surface area (Å²) in [6.45, 7) is 1.46. The molecular formula is C9H10N4OS. The number of nitrogens with zero attached hydrogens (tertiary/aromatic N) is 3. The maximum atomic E-state index is 10.8. The molecule has 0 aliphatic rings. The third-order valence-electron chi connectivity index (χ3n) is 1.79. The Kier molecular flexibility index (Phi) is 2.51. The van der Waals surface area contributed by atoms with E-state index in [9.17, 15) is 4.79 Å². The molecule has 0 aliphatic carbocycles. The second kappa shape index (κ2) is 3.82. The van der Waals surface area contributed by atoms with Gasteiger partial charge in [0.15, 0.2) is 5.13 Å². The van der Waals surface area contributed by atoms with Crippen LogP contribution in [0.25, 0.3) is 11.3 Å². The van der Waals surface area contributed by atoms with Crippen molar-refractivity contribution in [3.63, 3.8) is 0 Å². The van der Waals surface area contributed by atoms with Crippen molar-refractivity contribution in [2.75, 3.05) is 5.32 Å². The predicted octanol–water partition coefficient (Wildman–Crippen LogP) is 1.50. The van der Waals surface area contributed by atoms with Crippen LogP contribution in [0.4, 0.5) is 5.13 Å². The van der Waals surface area contributed by atoms with Crippen LogP contribution < -0.4 is 5.32 Å². The fourth-order valence-electron chi connectivity index (χ4n) is 1.17. The highest BCUT2D eigenvalue weighted by molar-refractivity contribution is 7.14. The lowest BCUT2D eigenvalue weighted by atomic mass is 10.3. The maximum absolute atomic E-state index is 10.8. The first-order valence-electron chi connectivity index (χ1n) is 4.37. The molecular weight excluding hydrogens is 212 g/mol. The van der Waals surface area contributed by atoms with Crippen molar-refractivity contribution in [2.45, 2.75) is 6.92 Å². The number of amides is 1. The minimum Gasteiger partial charge on any atom is -0.302 e. The van der Waals surface area contributed by atoms with Gasteiger partial charge in [-0.25, -0.2) is 4.98 Å². The molecule has 2 aromatic rings. The molecule has 1 N–H and O–H groups in total. The predicted molar refractivity (Wildman–Crippen MR) is 58.6 cm³/mol. The van der Waals surface area contributed by atoms with Crippen LogP contribution in [0.15, 0.2) is 17.8 Å². The van der Waals surface area contributed by atoms with Gasteiger partial charge in [-0.2, -0.15) is 5.10 Å². The lowest BCUT2D eigenvalue weighted by Gasteiger charge is -1.92. The summed E-state index contributed by atoms with van der Waals surface area (Å²) in [7, 11) is 1.85. The van der Waals surface area contributed by atoms with E-state index in [0.717, 1.165) is 11.3 Å². The average molecular weight is 222 g/mol. The van der Waals surface area contributed by atoms with Gasteiger partial charge in [-0.3, -0.25) is 9.48 Å². The van der Waals surface area contributed by atoms with Crippen molar-refractivity contribution in [3.05, 3.63) is 17.8 Å².